The SMILES string of the molecule is CN1CCC(C(=O)Nc2ncc3ccc(-c4cnn(C)c4CO)cc3n2)CC1. The van der Waals surface area contributed by atoms with E-state index in [2.05, 4.69) is 32.3 Å². The quantitative estimate of drug-likeness (QED) is 0.717. The van der Waals surface area contributed by atoms with Crippen molar-refractivity contribution >= 4 is 22.8 Å². The van der Waals surface area contributed by atoms with Crippen LogP contribution in [-0.2, 0) is 18.4 Å². The van der Waals surface area contributed by atoms with Crippen molar-refractivity contribution < 1.29 is 9.90 Å². The predicted octanol–water partition coefficient (Wildman–Crippen LogP) is 1.80. The maximum absolute atomic E-state index is 12.5. The van der Waals surface area contributed by atoms with Crippen LogP contribution in [0.5, 0.6) is 0 Å². The standard InChI is InChI=1S/C20H24N6O2/c1-25-7-5-13(6-8-25)19(28)24-20-21-10-15-4-3-14(9-17(15)23-20)16-11-22-26(2)18(16)12-27/h3-4,9-11,13,27H,5-8,12H2,1-2H3,(H,21,23,24,28). The highest BCUT2D eigenvalue weighted by atomic mass is 16.3. The molecule has 1 saturated heterocycles. The van der Waals surface area contributed by atoms with Crippen LogP contribution in [0.1, 0.15) is 18.5 Å². The van der Waals surface area contributed by atoms with Gasteiger partial charge in [0.05, 0.1) is 24.0 Å². The number of aryl methyl sites for hydroxylation is 1. The third-order valence-electron chi connectivity index (χ3n) is 5.43. The van der Waals surface area contributed by atoms with Crippen LogP contribution in [-0.4, -0.2) is 55.8 Å². The summed E-state index contributed by atoms with van der Waals surface area (Å²) in [5.41, 5.74) is 3.25. The van der Waals surface area contributed by atoms with Crippen LogP contribution >= 0.6 is 0 Å². The molecule has 2 N–H and O–H groups in total. The summed E-state index contributed by atoms with van der Waals surface area (Å²) >= 11 is 0. The summed E-state index contributed by atoms with van der Waals surface area (Å²) in [5.74, 6) is 0.310. The Labute approximate surface area is 163 Å². The first-order valence-corrected chi connectivity index (χ1v) is 9.43. The first-order valence-electron chi connectivity index (χ1n) is 9.43. The molecule has 2 aromatic heterocycles. The van der Waals surface area contributed by atoms with E-state index in [9.17, 15) is 9.90 Å². The molecule has 0 spiro atoms. The van der Waals surface area contributed by atoms with Gasteiger partial charge < -0.3 is 10.0 Å². The van der Waals surface area contributed by atoms with Gasteiger partial charge in [0.2, 0.25) is 11.9 Å². The van der Waals surface area contributed by atoms with Crippen LogP contribution < -0.4 is 5.32 Å². The van der Waals surface area contributed by atoms with Gasteiger partial charge in [-0.3, -0.25) is 14.8 Å². The molecule has 1 aliphatic heterocycles. The number of likely N-dealkylation sites (tertiary alicyclic amines) is 1. The Bertz CT molecular complexity index is 1010. The molecule has 1 amide bonds. The van der Waals surface area contributed by atoms with Crippen LogP contribution in [0, 0.1) is 5.92 Å². The van der Waals surface area contributed by atoms with Gasteiger partial charge in [0.25, 0.3) is 0 Å². The van der Waals surface area contributed by atoms with Gasteiger partial charge in [-0.2, -0.15) is 5.10 Å². The zero-order valence-corrected chi connectivity index (χ0v) is 16.1. The molecule has 1 aliphatic rings. The minimum Gasteiger partial charge on any atom is -0.390 e. The number of benzene rings is 1. The van der Waals surface area contributed by atoms with E-state index in [4.69, 9.17) is 0 Å². The number of carbonyl (C=O) groups excluding carboxylic acids is 1. The van der Waals surface area contributed by atoms with Crippen molar-refractivity contribution in [2.45, 2.75) is 19.4 Å². The highest BCUT2D eigenvalue weighted by Gasteiger charge is 2.24. The van der Waals surface area contributed by atoms with E-state index in [1.54, 1.807) is 24.1 Å². The lowest BCUT2D eigenvalue weighted by atomic mass is 9.96. The third kappa shape index (κ3) is 3.61. The first-order chi connectivity index (χ1) is 13.5. The fourth-order valence-electron chi connectivity index (χ4n) is 3.63. The summed E-state index contributed by atoms with van der Waals surface area (Å²) in [5, 5.41) is 17.6. The van der Waals surface area contributed by atoms with Gasteiger partial charge in [-0.15, -0.1) is 0 Å². The normalized spacial score (nSPS) is 15.8. The second-order valence-electron chi connectivity index (χ2n) is 7.32. The highest BCUT2D eigenvalue weighted by molar-refractivity contribution is 5.92. The molecule has 8 heteroatoms. The number of anilines is 1. The van der Waals surface area contributed by atoms with Gasteiger partial charge in [0, 0.05) is 30.1 Å². The lowest BCUT2D eigenvalue weighted by Crippen LogP contribution is -2.36. The Hall–Kier alpha value is -2.84. The van der Waals surface area contributed by atoms with Crippen molar-refractivity contribution in [1.82, 2.24) is 24.6 Å². The van der Waals surface area contributed by atoms with Crippen LogP contribution in [0.4, 0.5) is 5.95 Å². The number of rotatable bonds is 4. The first kappa shape index (κ1) is 18.5. The maximum Gasteiger partial charge on any atom is 0.229 e. The fraction of sp³-hybridized carbons (Fsp3) is 0.400. The number of nitrogens with one attached hydrogen (secondary N) is 1. The van der Waals surface area contributed by atoms with E-state index in [0.29, 0.717) is 5.95 Å². The predicted molar refractivity (Wildman–Crippen MR) is 107 cm³/mol. The molecule has 146 valence electrons. The molecule has 0 atom stereocenters. The van der Waals surface area contributed by atoms with Crippen LogP contribution in [0.25, 0.3) is 22.0 Å². The molecule has 0 saturated carbocycles. The van der Waals surface area contributed by atoms with Crippen molar-refractivity contribution in [3.8, 4) is 11.1 Å². The van der Waals surface area contributed by atoms with Crippen molar-refractivity contribution in [2.75, 3.05) is 25.5 Å². The number of hydrogen-bond donors (Lipinski definition) is 2. The van der Waals surface area contributed by atoms with E-state index < -0.39 is 0 Å². The summed E-state index contributed by atoms with van der Waals surface area (Å²) in [6.07, 6.45) is 5.15. The number of carbonyl (C=O) groups is 1. The van der Waals surface area contributed by atoms with E-state index in [-0.39, 0.29) is 18.4 Å². The van der Waals surface area contributed by atoms with Crippen LogP contribution in [0.3, 0.4) is 0 Å². The molecule has 8 nitrogen and oxygen atoms in total. The van der Waals surface area contributed by atoms with Gasteiger partial charge in [-0.25, -0.2) is 9.97 Å². The number of piperidine rings is 1. The highest BCUT2D eigenvalue weighted by Crippen LogP contribution is 2.27. The summed E-state index contributed by atoms with van der Waals surface area (Å²) in [7, 11) is 3.87. The molecular formula is C20H24N6O2. The second-order valence-corrected chi connectivity index (χ2v) is 7.32. The van der Waals surface area contributed by atoms with Crippen molar-refractivity contribution in [3.05, 3.63) is 36.3 Å². The van der Waals surface area contributed by atoms with Gasteiger partial charge in [0.15, 0.2) is 0 Å². The molecule has 28 heavy (non-hydrogen) atoms. The summed E-state index contributed by atoms with van der Waals surface area (Å²) in [6.45, 7) is 1.77. The minimum absolute atomic E-state index is 0.00402. The Morgan fingerprint density at radius 3 is 2.79 bits per heavy atom. The molecule has 1 aromatic carbocycles. The number of aliphatic hydroxyl groups excluding tert-OH is 1. The topological polar surface area (TPSA) is 96.2 Å². The molecule has 0 radical (unpaired) electrons. The maximum atomic E-state index is 12.5. The molecule has 3 aromatic rings. The monoisotopic (exact) mass is 380 g/mol. The molecule has 3 heterocycles. The largest absolute Gasteiger partial charge is 0.390 e. The molecule has 0 aliphatic carbocycles. The third-order valence-corrected chi connectivity index (χ3v) is 5.43. The van der Waals surface area contributed by atoms with E-state index in [0.717, 1.165) is 53.7 Å². The van der Waals surface area contributed by atoms with Crippen molar-refractivity contribution in [3.63, 3.8) is 0 Å². The van der Waals surface area contributed by atoms with Gasteiger partial charge in [-0.05, 0) is 44.6 Å². The average molecular weight is 380 g/mol. The van der Waals surface area contributed by atoms with Gasteiger partial charge in [0.1, 0.15) is 0 Å². The van der Waals surface area contributed by atoms with Crippen molar-refractivity contribution in [2.24, 2.45) is 13.0 Å². The lowest BCUT2D eigenvalue weighted by molar-refractivity contribution is -0.121. The fourth-order valence-corrected chi connectivity index (χ4v) is 3.63. The van der Waals surface area contributed by atoms with Gasteiger partial charge in [-0.1, -0.05) is 12.1 Å². The summed E-state index contributed by atoms with van der Waals surface area (Å²) in [4.78, 5) is 23.6. The summed E-state index contributed by atoms with van der Waals surface area (Å²) in [6, 6.07) is 5.82. The number of hydrogen-bond acceptors (Lipinski definition) is 6. The zero-order chi connectivity index (χ0) is 19.7. The number of fused-ring (bicyclic) bond motifs is 1. The van der Waals surface area contributed by atoms with Gasteiger partial charge >= 0.3 is 0 Å². The molecule has 0 bridgehead atoms. The van der Waals surface area contributed by atoms with Crippen LogP contribution in [0.15, 0.2) is 30.6 Å². The van der Waals surface area contributed by atoms with E-state index >= 15 is 0 Å². The Morgan fingerprint density at radius 1 is 1.25 bits per heavy atom. The number of aliphatic hydroxyl groups is 1. The smallest absolute Gasteiger partial charge is 0.229 e. The van der Waals surface area contributed by atoms with Crippen LogP contribution in [0.2, 0.25) is 0 Å². The molecule has 4 rings (SSSR count). The summed E-state index contributed by atoms with van der Waals surface area (Å²) < 4.78 is 1.66. The number of amides is 1. The molecule has 1 fully saturated rings. The number of aromatic nitrogens is 4. The van der Waals surface area contributed by atoms with Crippen molar-refractivity contribution in [1.29, 1.82) is 0 Å². The Balaban J connectivity index is 1.58. The minimum atomic E-state index is -0.0917. The molecule has 0 unspecified atom stereocenters. The second kappa shape index (κ2) is 7.65. The van der Waals surface area contributed by atoms with E-state index in [1.807, 2.05) is 18.2 Å². The average Bonchev–Trinajstić information content (AvgIpc) is 3.08. The number of nitrogens with zero attached hydrogens (tertiary/aromatic N) is 5. The Morgan fingerprint density at radius 2 is 2.04 bits per heavy atom. The zero-order valence-electron chi connectivity index (χ0n) is 16.1. The van der Waals surface area contributed by atoms with E-state index in [1.165, 1.54) is 0 Å². The molecular weight excluding hydrogens is 356 g/mol. The Kier molecular flexibility index (Phi) is 5.06. The lowest BCUT2D eigenvalue weighted by Gasteiger charge is -2.27.